The number of rotatable bonds is 4. The quantitative estimate of drug-likeness (QED) is 0.666. The van der Waals surface area contributed by atoms with Crippen molar-refractivity contribution in [1.82, 2.24) is 9.55 Å². The molecule has 0 aliphatic carbocycles. The average Bonchev–Trinajstić information content (AvgIpc) is 2.97. The average molecular weight is 394 g/mol. The van der Waals surface area contributed by atoms with Crippen molar-refractivity contribution in [3.8, 4) is 17.0 Å². The summed E-state index contributed by atoms with van der Waals surface area (Å²) in [5.41, 5.74) is 1.82. The maximum absolute atomic E-state index is 12.3. The number of nitrogens with zero attached hydrogens (tertiary/aromatic N) is 2. The summed E-state index contributed by atoms with van der Waals surface area (Å²) in [6.45, 7) is 1.01. The van der Waals surface area contributed by atoms with Gasteiger partial charge in [0.1, 0.15) is 5.75 Å². The Balaban J connectivity index is 1.63. The van der Waals surface area contributed by atoms with Crippen LogP contribution in [0.4, 0.5) is 13.2 Å². The smallest absolute Gasteiger partial charge is 0.406 e. The van der Waals surface area contributed by atoms with Crippen molar-refractivity contribution >= 4 is 11.2 Å². The van der Waals surface area contributed by atoms with E-state index in [4.69, 9.17) is 9.15 Å². The number of ether oxygens (including phenoxy) is 2. The van der Waals surface area contributed by atoms with Gasteiger partial charge in [-0.1, -0.05) is 0 Å². The predicted molar refractivity (Wildman–Crippen MR) is 94.0 cm³/mol. The normalized spacial score (nSPS) is 17.8. The second-order valence-electron chi connectivity index (χ2n) is 6.56. The van der Waals surface area contributed by atoms with Crippen LogP contribution in [0.1, 0.15) is 19.3 Å². The lowest BCUT2D eigenvalue weighted by Crippen LogP contribution is -2.28. The first-order valence-electron chi connectivity index (χ1n) is 8.87. The minimum Gasteiger partial charge on any atom is -0.406 e. The van der Waals surface area contributed by atoms with Crippen molar-refractivity contribution in [2.24, 2.45) is 0 Å². The molecule has 2 aromatic heterocycles. The standard InChI is InChI=1S/C19H17F3N2O4/c20-19(21,22)28-13-6-4-12(5-7-13)15-8-9-16-17(23-15)24(18(25)27-16)11-14-3-1-2-10-26-14/h4-9,14H,1-3,10-11H2/t14-/m1/s1. The molecule has 0 radical (unpaired) electrons. The molecule has 1 aliphatic heterocycles. The monoisotopic (exact) mass is 394 g/mol. The zero-order valence-electron chi connectivity index (χ0n) is 14.7. The third kappa shape index (κ3) is 4.04. The van der Waals surface area contributed by atoms with Gasteiger partial charge in [0.05, 0.1) is 18.3 Å². The molecular formula is C19H17F3N2O4. The number of hydrogen-bond acceptors (Lipinski definition) is 5. The highest BCUT2D eigenvalue weighted by Gasteiger charge is 2.31. The van der Waals surface area contributed by atoms with Crippen LogP contribution in [0.2, 0.25) is 0 Å². The summed E-state index contributed by atoms with van der Waals surface area (Å²) in [5.74, 6) is -0.824. The molecule has 0 amide bonds. The predicted octanol–water partition coefficient (Wildman–Crippen LogP) is 4.12. The molecule has 0 bridgehead atoms. The van der Waals surface area contributed by atoms with Gasteiger partial charge in [0.25, 0.3) is 0 Å². The SMILES string of the molecule is O=c1oc2ccc(-c3ccc(OC(F)(F)F)cc3)nc2n1C[C@H]1CCCCO1. The Morgan fingerprint density at radius 3 is 2.61 bits per heavy atom. The molecule has 0 unspecified atom stereocenters. The molecule has 3 aromatic rings. The molecule has 148 valence electrons. The zero-order chi connectivity index (χ0) is 19.7. The van der Waals surface area contributed by atoms with Gasteiger partial charge in [0.2, 0.25) is 0 Å². The van der Waals surface area contributed by atoms with Gasteiger partial charge in [0, 0.05) is 12.2 Å². The van der Waals surface area contributed by atoms with E-state index in [1.165, 1.54) is 28.8 Å². The number of oxazole rings is 1. The van der Waals surface area contributed by atoms with Crippen molar-refractivity contribution in [2.45, 2.75) is 38.3 Å². The molecule has 0 spiro atoms. The van der Waals surface area contributed by atoms with E-state index in [9.17, 15) is 18.0 Å². The highest BCUT2D eigenvalue weighted by molar-refractivity contribution is 5.73. The van der Waals surface area contributed by atoms with Crippen LogP contribution >= 0.6 is 0 Å². The van der Waals surface area contributed by atoms with Crippen LogP contribution in [0.5, 0.6) is 5.75 Å². The summed E-state index contributed by atoms with van der Waals surface area (Å²) in [6, 6.07) is 8.65. The molecule has 1 saturated heterocycles. The fourth-order valence-electron chi connectivity index (χ4n) is 3.25. The van der Waals surface area contributed by atoms with Crippen molar-refractivity contribution in [1.29, 1.82) is 0 Å². The summed E-state index contributed by atoms with van der Waals surface area (Å²) in [4.78, 5) is 16.7. The molecule has 1 aromatic carbocycles. The summed E-state index contributed by atoms with van der Waals surface area (Å²) in [5, 5.41) is 0. The maximum atomic E-state index is 12.3. The Labute approximate surface area is 157 Å². The van der Waals surface area contributed by atoms with E-state index in [1.807, 2.05) is 0 Å². The number of pyridine rings is 1. The number of halogens is 3. The Morgan fingerprint density at radius 1 is 1.14 bits per heavy atom. The van der Waals surface area contributed by atoms with Crippen LogP contribution < -0.4 is 10.5 Å². The molecular weight excluding hydrogens is 377 g/mol. The number of hydrogen-bond donors (Lipinski definition) is 0. The van der Waals surface area contributed by atoms with E-state index < -0.39 is 12.1 Å². The van der Waals surface area contributed by atoms with E-state index >= 15 is 0 Å². The number of alkyl halides is 3. The van der Waals surface area contributed by atoms with Gasteiger partial charge in [-0.15, -0.1) is 13.2 Å². The van der Waals surface area contributed by atoms with Crippen LogP contribution in [-0.4, -0.2) is 28.6 Å². The molecule has 1 aliphatic rings. The molecule has 0 N–H and O–H groups in total. The van der Waals surface area contributed by atoms with Crippen LogP contribution in [0.15, 0.2) is 45.6 Å². The molecule has 4 rings (SSSR count). The Kier molecular flexibility index (Phi) is 4.84. The first-order valence-corrected chi connectivity index (χ1v) is 8.87. The van der Waals surface area contributed by atoms with Gasteiger partial charge in [-0.05, 0) is 55.7 Å². The molecule has 28 heavy (non-hydrogen) atoms. The summed E-state index contributed by atoms with van der Waals surface area (Å²) < 4.78 is 53.1. The van der Waals surface area contributed by atoms with Crippen molar-refractivity contribution in [3.63, 3.8) is 0 Å². The first kappa shape index (κ1) is 18.5. The lowest BCUT2D eigenvalue weighted by Gasteiger charge is -2.22. The van der Waals surface area contributed by atoms with E-state index in [1.54, 1.807) is 12.1 Å². The molecule has 1 atom stereocenters. The van der Waals surface area contributed by atoms with Crippen molar-refractivity contribution in [3.05, 3.63) is 46.9 Å². The molecule has 6 nitrogen and oxygen atoms in total. The molecule has 1 fully saturated rings. The van der Waals surface area contributed by atoms with E-state index in [0.29, 0.717) is 35.6 Å². The minimum absolute atomic E-state index is 0.0727. The van der Waals surface area contributed by atoms with Crippen molar-refractivity contribution < 1.29 is 27.1 Å². The van der Waals surface area contributed by atoms with Crippen LogP contribution in [0, 0.1) is 0 Å². The van der Waals surface area contributed by atoms with Gasteiger partial charge >= 0.3 is 12.1 Å². The Morgan fingerprint density at radius 2 is 1.93 bits per heavy atom. The lowest BCUT2D eigenvalue weighted by molar-refractivity contribution is -0.274. The second kappa shape index (κ2) is 7.31. The number of benzene rings is 1. The third-order valence-corrected chi connectivity index (χ3v) is 4.56. The number of fused-ring (bicyclic) bond motifs is 1. The van der Waals surface area contributed by atoms with Gasteiger partial charge in [-0.2, -0.15) is 0 Å². The van der Waals surface area contributed by atoms with E-state index in [2.05, 4.69) is 9.72 Å². The topological polar surface area (TPSA) is 66.5 Å². The summed E-state index contributed by atoms with van der Waals surface area (Å²) in [6.07, 6.45) is -1.91. The maximum Gasteiger partial charge on any atom is 0.573 e. The largest absolute Gasteiger partial charge is 0.573 e. The molecule has 3 heterocycles. The van der Waals surface area contributed by atoms with Gasteiger partial charge in [-0.3, -0.25) is 4.57 Å². The summed E-state index contributed by atoms with van der Waals surface area (Å²) in [7, 11) is 0. The Bertz CT molecular complexity index is 1020. The fourth-order valence-corrected chi connectivity index (χ4v) is 3.25. The third-order valence-electron chi connectivity index (χ3n) is 4.56. The highest BCUT2D eigenvalue weighted by Crippen LogP contribution is 2.27. The lowest BCUT2D eigenvalue weighted by atomic mass is 10.1. The molecule has 0 saturated carbocycles. The van der Waals surface area contributed by atoms with E-state index in [0.717, 1.165) is 19.3 Å². The zero-order valence-corrected chi connectivity index (χ0v) is 14.7. The first-order chi connectivity index (χ1) is 13.4. The van der Waals surface area contributed by atoms with Gasteiger partial charge in [-0.25, -0.2) is 9.78 Å². The number of aromatic nitrogens is 2. The minimum atomic E-state index is -4.74. The van der Waals surface area contributed by atoms with Gasteiger partial charge < -0.3 is 13.9 Å². The van der Waals surface area contributed by atoms with Crippen LogP contribution in [0.25, 0.3) is 22.5 Å². The van der Waals surface area contributed by atoms with Crippen LogP contribution in [0.3, 0.4) is 0 Å². The molecule has 9 heteroatoms. The van der Waals surface area contributed by atoms with Crippen molar-refractivity contribution in [2.75, 3.05) is 6.61 Å². The van der Waals surface area contributed by atoms with Crippen LogP contribution in [-0.2, 0) is 11.3 Å². The second-order valence-corrected chi connectivity index (χ2v) is 6.56. The summed E-state index contributed by atoms with van der Waals surface area (Å²) >= 11 is 0. The van der Waals surface area contributed by atoms with Gasteiger partial charge in [0.15, 0.2) is 11.2 Å². The highest BCUT2D eigenvalue weighted by atomic mass is 19.4. The van der Waals surface area contributed by atoms with E-state index in [-0.39, 0.29) is 11.9 Å². The Hall–Kier alpha value is -2.81. The fraction of sp³-hybridized carbons (Fsp3) is 0.368.